The van der Waals surface area contributed by atoms with Crippen LogP contribution in [0.3, 0.4) is 0 Å². The minimum Gasteiger partial charge on any atom is -0.369 e. The Balaban J connectivity index is 2.54. The van der Waals surface area contributed by atoms with Gasteiger partial charge in [-0.1, -0.05) is 27.7 Å². The summed E-state index contributed by atoms with van der Waals surface area (Å²) in [5.74, 6) is 1.92. The molecule has 3 nitrogen and oxygen atoms in total. The van der Waals surface area contributed by atoms with Gasteiger partial charge < -0.3 is 5.32 Å². The monoisotopic (exact) mass is 311 g/mol. The van der Waals surface area contributed by atoms with Gasteiger partial charge in [0.05, 0.1) is 10.2 Å². The van der Waals surface area contributed by atoms with E-state index in [2.05, 4.69) is 55.9 Å². The number of nitrogens with one attached hydrogen (secondary N) is 1. The van der Waals surface area contributed by atoms with Crippen molar-refractivity contribution in [3.8, 4) is 0 Å². The molecule has 0 radical (unpaired) electrons. The fraction of sp³-hybridized carbons (Fsp3) is 0.714. The van der Waals surface area contributed by atoms with Crippen LogP contribution in [0.15, 0.2) is 4.47 Å². The van der Waals surface area contributed by atoms with Crippen LogP contribution in [0.25, 0.3) is 0 Å². The van der Waals surface area contributed by atoms with Crippen LogP contribution in [0.1, 0.15) is 59.0 Å². The number of halogens is 1. The molecule has 0 atom stereocenters. The van der Waals surface area contributed by atoms with E-state index in [9.17, 15) is 0 Å². The Morgan fingerprint density at radius 1 is 1.28 bits per heavy atom. The number of hydrogen-bond donors (Lipinski definition) is 1. The van der Waals surface area contributed by atoms with Crippen LogP contribution in [-0.4, -0.2) is 16.5 Å². The molecule has 1 fully saturated rings. The molecule has 0 amide bonds. The van der Waals surface area contributed by atoms with Crippen molar-refractivity contribution >= 4 is 21.7 Å². The van der Waals surface area contributed by atoms with Crippen LogP contribution in [0, 0.1) is 0 Å². The number of hydrogen-bond acceptors (Lipinski definition) is 3. The average molecular weight is 312 g/mol. The van der Waals surface area contributed by atoms with E-state index in [1.807, 2.05) is 0 Å². The molecule has 0 aliphatic heterocycles. The summed E-state index contributed by atoms with van der Waals surface area (Å²) in [6.07, 6.45) is 2.40. The molecule has 100 valence electrons. The summed E-state index contributed by atoms with van der Waals surface area (Å²) in [7, 11) is 0. The molecule has 1 aromatic rings. The molecule has 1 aliphatic rings. The van der Waals surface area contributed by atoms with E-state index in [4.69, 9.17) is 9.97 Å². The molecular weight excluding hydrogens is 290 g/mol. The predicted octanol–water partition coefficient (Wildman–Crippen LogP) is 4.02. The third-order valence-corrected chi connectivity index (χ3v) is 4.20. The molecule has 4 heteroatoms. The summed E-state index contributed by atoms with van der Waals surface area (Å²) in [6, 6.07) is 0. The molecule has 0 bridgehead atoms. The summed E-state index contributed by atoms with van der Waals surface area (Å²) < 4.78 is 1.00. The van der Waals surface area contributed by atoms with Gasteiger partial charge in [0.1, 0.15) is 11.6 Å². The maximum Gasteiger partial charge on any atom is 0.144 e. The quantitative estimate of drug-likeness (QED) is 0.916. The highest BCUT2D eigenvalue weighted by atomic mass is 79.9. The first-order chi connectivity index (χ1) is 8.28. The Morgan fingerprint density at radius 2 is 1.89 bits per heavy atom. The predicted molar refractivity (Wildman–Crippen MR) is 79.2 cm³/mol. The lowest BCUT2D eigenvalue weighted by Gasteiger charge is -2.23. The van der Waals surface area contributed by atoms with Gasteiger partial charge >= 0.3 is 0 Å². The lowest BCUT2D eigenvalue weighted by molar-refractivity contribution is 0.550. The average Bonchev–Trinajstić information content (AvgIpc) is 2.99. The van der Waals surface area contributed by atoms with E-state index in [0.717, 1.165) is 28.4 Å². The minimum absolute atomic E-state index is 0.0198. The molecule has 0 spiro atoms. The van der Waals surface area contributed by atoms with E-state index in [-0.39, 0.29) is 10.8 Å². The van der Waals surface area contributed by atoms with Crippen molar-refractivity contribution in [2.75, 3.05) is 11.9 Å². The van der Waals surface area contributed by atoms with Gasteiger partial charge in [-0.15, -0.1) is 0 Å². The maximum absolute atomic E-state index is 4.82. The largest absolute Gasteiger partial charge is 0.369 e. The molecule has 0 aromatic carbocycles. The smallest absolute Gasteiger partial charge is 0.144 e. The van der Waals surface area contributed by atoms with Gasteiger partial charge in [-0.25, -0.2) is 9.97 Å². The van der Waals surface area contributed by atoms with Crippen molar-refractivity contribution in [1.82, 2.24) is 9.97 Å². The van der Waals surface area contributed by atoms with Crippen LogP contribution in [0.2, 0.25) is 0 Å². The topological polar surface area (TPSA) is 37.8 Å². The first-order valence-corrected chi connectivity index (χ1v) is 7.39. The highest BCUT2D eigenvalue weighted by Gasteiger charge is 2.43. The van der Waals surface area contributed by atoms with Crippen molar-refractivity contribution in [1.29, 1.82) is 0 Å². The van der Waals surface area contributed by atoms with E-state index in [1.165, 1.54) is 12.8 Å². The van der Waals surface area contributed by atoms with Crippen LogP contribution in [0.4, 0.5) is 5.82 Å². The Kier molecular flexibility index (Phi) is 3.43. The molecule has 1 aliphatic carbocycles. The summed E-state index contributed by atoms with van der Waals surface area (Å²) >= 11 is 3.65. The van der Waals surface area contributed by atoms with Crippen molar-refractivity contribution < 1.29 is 0 Å². The highest BCUT2D eigenvalue weighted by molar-refractivity contribution is 9.10. The summed E-state index contributed by atoms with van der Waals surface area (Å²) in [6.45, 7) is 11.8. The fourth-order valence-corrected chi connectivity index (χ4v) is 2.82. The summed E-state index contributed by atoms with van der Waals surface area (Å²) in [5.41, 5.74) is 1.31. The van der Waals surface area contributed by atoms with Gasteiger partial charge in [0.2, 0.25) is 0 Å². The SMILES string of the molecule is CCNc1nc(C2(C)CC2)nc(C(C)(C)C)c1Br. The Bertz CT molecular complexity index is 459. The highest BCUT2D eigenvalue weighted by Crippen LogP contribution is 2.47. The lowest BCUT2D eigenvalue weighted by atomic mass is 9.91. The lowest BCUT2D eigenvalue weighted by Crippen LogP contribution is -2.20. The molecule has 0 unspecified atom stereocenters. The van der Waals surface area contributed by atoms with Gasteiger partial charge in [0.15, 0.2) is 0 Å². The summed E-state index contributed by atoms with van der Waals surface area (Å²) in [5, 5.41) is 3.33. The molecule has 1 heterocycles. The third kappa shape index (κ3) is 2.53. The molecule has 1 aromatic heterocycles. The maximum atomic E-state index is 4.82. The molecule has 18 heavy (non-hydrogen) atoms. The van der Waals surface area contributed by atoms with Gasteiger partial charge in [0.25, 0.3) is 0 Å². The number of anilines is 1. The fourth-order valence-electron chi connectivity index (χ4n) is 1.91. The first kappa shape index (κ1) is 13.8. The van der Waals surface area contributed by atoms with Gasteiger partial charge in [-0.2, -0.15) is 0 Å². The first-order valence-electron chi connectivity index (χ1n) is 6.60. The Morgan fingerprint density at radius 3 is 2.33 bits per heavy atom. The second kappa shape index (κ2) is 4.48. The van der Waals surface area contributed by atoms with E-state index in [1.54, 1.807) is 0 Å². The van der Waals surface area contributed by atoms with Crippen molar-refractivity contribution in [2.24, 2.45) is 0 Å². The second-order valence-corrected chi connectivity index (χ2v) is 7.19. The van der Waals surface area contributed by atoms with Gasteiger partial charge in [-0.05, 0) is 35.7 Å². The number of nitrogens with zero attached hydrogens (tertiary/aromatic N) is 2. The van der Waals surface area contributed by atoms with Crippen LogP contribution >= 0.6 is 15.9 Å². The van der Waals surface area contributed by atoms with E-state index < -0.39 is 0 Å². The van der Waals surface area contributed by atoms with Crippen molar-refractivity contribution in [3.63, 3.8) is 0 Å². The third-order valence-electron chi connectivity index (χ3n) is 3.45. The normalized spacial score (nSPS) is 17.7. The standard InChI is InChI=1S/C14H22BrN3/c1-6-16-11-9(15)10(13(2,3)4)17-12(18-11)14(5)7-8-14/h6-8H2,1-5H3,(H,16,17,18). The minimum atomic E-state index is 0.0198. The van der Waals surface area contributed by atoms with Crippen LogP contribution in [-0.2, 0) is 10.8 Å². The molecule has 1 saturated carbocycles. The Labute approximate surface area is 118 Å². The molecule has 1 N–H and O–H groups in total. The zero-order chi connectivity index (χ0) is 13.6. The molecule has 2 rings (SSSR count). The van der Waals surface area contributed by atoms with Crippen molar-refractivity contribution in [3.05, 3.63) is 16.0 Å². The second-order valence-electron chi connectivity index (χ2n) is 6.40. The van der Waals surface area contributed by atoms with E-state index >= 15 is 0 Å². The molecular formula is C14H22BrN3. The zero-order valence-corrected chi connectivity index (χ0v) is 13.5. The zero-order valence-electron chi connectivity index (χ0n) is 11.9. The van der Waals surface area contributed by atoms with E-state index in [0.29, 0.717) is 0 Å². The Hall–Kier alpha value is -0.640. The van der Waals surface area contributed by atoms with Gasteiger partial charge in [-0.3, -0.25) is 0 Å². The van der Waals surface area contributed by atoms with Crippen LogP contribution in [0.5, 0.6) is 0 Å². The summed E-state index contributed by atoms with van der Waals surface area (Å²) in [4.78, 5) is 9.52. The van der Waals surface area contributed by atoms with Crippen molar-refractivity contribution in [2.45, 2.75) is 58.3 Å². The number of rotatable bonds is 3. The molecule has 0 saturated heterocycles. The van der Waals surface area contributed by atoms with Crippen LogP contribution < -0.4 is 5.32 Å². The van der Waals surface area contributed by atoms with Gasteiger partial charge in [0, 0.05) is 17.4 Å². The number of aromatic nitrogens is 2.